The smallest absolute Gasteiger partial charge is 0.253 e. The van der Waals surface area contributed by atoms with E-state index in [0.29, 0.717) is 42.5 Å². The number of rotatable bonds is 7. The van der Waals surface area contributed by atoms with Crippen LogP contribution in [-0.4, -0.2) is 57.9 Å². The number of anilines is 1. The lowest BCUT2D eigenvalue weighted by Gasteiger charge is -2.35. The first-order chi connectivity index (χ1) is 13.6. The number of hydrogen-bond donors (Lipinski definition) is 2. The molecule has 1 heterocycles. The van der Waals surface area contributed by atoms with Gasteiger partial charge in [-0.2, -0.15) is 0 Å². The van der Waals surface area contributed by atoms with Crippen LogP contribution in [0.4, 0.5) is 5.69 Å². The van der Waals surface area contributed by atoms with E-state index >= 15 is 0 Å². The fraction of sp³-hybridized carbons (Fsp3) is 0.381. The van der Waals surface area contributed by atoms with E-state index in [-0.39, 0.29) is 36.8 Å². The van der Waals surface area contributed by atoms with Crippen LogP contribution in [0, 0.1) is 0 Å². The monoisotopic (exact) mass is 457 g/mol. The van der Waals surface area contributed by atoms with E-state index in [1.807, 2.05) is 24.3 Å². The molecule has 1 unspecified atom stereocenters. The topological polar surface area (TPSA) is 86.0 Å². The lowest BCUT2D eigenvalue weighted by Crippen LogP contribution is -2.43. The van der Waals surface area contributed by atoms with Crippen molar-refractivity contribution in [1.29, 1.82) is 0 Å². The average Bonchev–Trinajstić information content (AvgIpc) is 2.74. The molecule has 1 aliphatic heterocycles. The van der Waals surface area contributed by atoms with Crippen LogP contribution in [0.25, 0.3) is 0 Å². The van der Waals surface area contributed by atoms with E-state index in [1.165, 1.54) is 0 Å². The van der Waals surface area contributed by atoms with Crippen molar-refractivity contribution in [3.05, 3.63) is 53.6 Å². The van der Waals surface area contributed by atoms with Crippen LogP contribution < -0.4 is 20.5 Å². The molecule has 0 saturated carbocycles. The van der Waals surface area contributed by atoms with Gasteiger partial charge in [0.25, 0.3) is 5.91 Å². The largest absolute Gasteiger partial charge is 0.493 e. The van der Waals surface area contributed by atoms with E-state index in [9.17, 15) is 4.79 Å². The zero-order valence-corrected chi connectivity index (χ0v) is 18.8. The Morgan fingerprint density at radius 3 is 2.40 bits per heavy atom. The number of hydrogen-bond acceptors (Lipinski definition) is 6. The van der Waals surface area contributed by atoms with Gasteiger partial charge in [0.15, 0.2) is 11.5 Å². The lowest BCUT2D eigenvalue weighted by molar-refractivity contribution is 0.0162. The van der Waals surface area contributed by atoms with E-state index in [0.717, 1.165) is 18.7 Å². The molecule has 0 spiro atoms. The number of nitrogens with one attached hydrogen (secondary N) is 1. The summed E-state index contributed by atoms with van der Waals surface area (Å²) in [6.45, 7) is 3.38. The first-order valence-corrected chi connectivity index (χ1v) is 9.30. The summed E-state index contributed by atoms with van der Waals surface area (Å²) in [5.74, 6) is 1.15. The third-order valence-corrected chi connectivity index (χ3v) is 4.94. The highest BCUT2D eigenvalue weighted by Crippen LogP contribution is 2.32. The summed E-state index contributed by atoms with van der Waals surface area (Å²) >= 11 is 0. The maximum atomic E-state index is 12.6. The van der Waals surface area contributed by atoms with Gasteiger partial charge in [0, 0.05) is 25.3 Å². The molecule has 1 fully saturated rings. The molecule has 3 N–H and O–H groups in total. The normalized spacial score (nSPS) is 14.6. The van der Waals surface area contributed by atoms with Crippen molar-refractivity contribution in [2.45, 2.75) is 6.04 Å². The number of morpholine rings is 1. The highest BCUT2D eigenvalue weighted by atomic mass is 35.5. The van der Waals surface area contributed by atoms with Crippen molar-refractivity contribution in [1.82, 2.24) is 10.2 Å². The number of methoxy groups -OCH3 is 2. The number of nitrogens with zero attached hydrogens (tertiary/aromatic N) is 1. The first kappa shape index (κ1) is 25.8. The first-order valence-electron chi connectivity index (χ1n) is 9.30. The van der Waals surface area contributed by atoms with E-state index in [1.54, 1.807) is 32.4 Å². The molecule has 9 heteroatoms. The number of halogens is 2. The van der Waals surface area contributed by atoms with Crippen LogP contribution in [0.15, 0.2) is 42.5 Å². The number of carbonyl (C=O) groups is 1. The van der Waals surface area contributed by atoms with Crippen molar-refractivity contribution in [2.24, 2.45) is 0 Å². The van der Waals surface area contributed by atoms with Crippen molar-refractivity contribution in [3.8, 4) is 11.5 Å². The molecule has 0 aromatic heterocycles. The van der Waals surface area contributed by atoms with E-state index < -0.39 is 0 Å². The Morgan fingerprint density at radius 1 is 1.10 bits per heavy atom. The maximum absolute atomic E-state index is 12.6. The Kier molecular flexibility index (Phi) is 10.8. The molecule has 0 bridgehead atoms. The fourth-order valence-electron chi connectivity index (χ4n) is 3.40. The van der Waals surface area contributed by atoms with Gasteiger partial charge in [0.1, 0.15) is 0 Å². The Morgan fingerprint density at radius 2 is 1.77 bits per heavy atom. The van der Waals surface area contributed by atoms with Gasteiger partial charge in [-0.05, 0) is 29.8 Å². The molecule has 1 amide bonds. The minimum Gasteiger partial charge on any atom is -0.493 e. The molecule has 7 nitrogen and oxygen atoms in total. The number of amides is 1. The summed E-state index contributed by atoms with van der Waals surface area (Å²) in [7, 11) is 3.23. The molecule has 30 heavy (non-hydrogen) atoms. The van der Waals surface area contributed by atoms with Crippen molar-refractivity contribution >= 4 is 36.4 Å². The van der Waals surface area contributed by atoms with Gasteiger partial charge in [-0.15, -0.1) is 24.8 Å². The number of nitrogens with two attached hydrogens (primary N) is 1. The van der Waals surface area contributed by atoms with Crippen LogP contribution in [0.1, 0.15) is 22.0 Å². The molecule has 1 saturated heterocycles. The van der Waals surface area contributed by atoms with Gasteiger partial charge in [-0.3, -0.25) is 9.69 Å². The van der Waals surface area contributed by atoms with Gasteiger partial charge in [-0.1, -0.05) is 18.2 Å². The number of benzene rings is 2. The number of ether oxygens (including phenoxy) is 3. The molecular weight excluding hydrogens is 429 g/mol. The molecular formula is C21H29Cl2N3O4. The minimum atomic E-state index is -0.183. The molecule has 0 aliphatic carbocycles. The standard InChI is InChI=1S/C21H27N3O4.2ClH/c1-26-19-8-7-15(13-20(19)27-2)18(24-9-11-28-12-10-24)14-23-21(25)16-5-3-4-6-17(16)22;;/h3-8,13,18H,9-12,14,22H2,1-2H3,(H,23,25);2*1H. The minimum absolute atomic E-state index is 0. The van der Waals surface area contributed by atoms with E-state index in [2.05, 4.69) is 10.2 Å². The zero-order valence-electron chi connectivity index (χ0n) is 17.1. The third kappa shape index (κ3) is 6.15. The summed E-state index contributed by atoms with van der Waals surface area (Å²) < 4.78 is 16.3. The molecule has 2 aromatic rings. The number of carbonyl (C=O) groups excluding carboxylic acids is 1. The van der Waals surface area contributed by atoms with E-state index in [4.69, 9.17) is 19.9 Å². The van der Waals surface area contributed by atoms with Crippen molar-refractivity contribution in [2.75, 3.05) is 52.8 Å². The second kappa shape index (κ2) is 12.5. The lowest BCUT2D eigenvalue weighted by atomic mass is 10.0. The van der Waals surface area contributed by atoms with Gasteiger partial charge in [-0.25, -0.2) is 0 Å². The Bertz CT molecular complexity index is 817. The van der Waals surface area contributed by atoms with Gasteiger partial charge in [0.05, 0.1) is 39.0 Å². The Labute approximate surface area is 189 Å². The van der Waals surface area contributed by atoms with Crippen LogP contribution >= 0.6 is 24.8 Å². The highest BCUT2D eigenvalue weighted by Gasteiger charge is 2.24. The second-order valence-corrected chi connectivity index (χ2v) is 6.58. The van der Waals surface area contributed by atoms with Crippen LogP contribution in [0.2, 0.25) is 0 Å². The Balaban J connectivity index is 0.00000225. The average molecular weight is 458 g/mol. The SMILES string of the molecule is COc1ccc(C(CNC(=O)c2ccccc2N)N2CCOCC2)cc1OC.Cl.Cl. The maximum Gasteiger partial charge on any atom is 0.253 e. The summed E-state index contributed by atoms with van der Waals surface area (Å²) in [6.07, 6.45) is 0. The summed E-state index contributed by atoms with van der Waals surface area (Å²) in [5, 5.41) is 3.03. The summed E-state index contributed by atoms with van der Waals surface area (Å²) in [6, 6.07) is 12.9. The molecule has 3 rings (SSSR count). The molecule has 2 aromatic carbocycles. The molecule has 1 atom stereocenters. The molecule has 0 radical (unpaired) electrons. The fourth-order valence-corrected chi connectivity index (χ4v) is 3.40. The quantitative estimate of drug-likeness (QED) is 0.621. The molecule has 1 aliphatic rings. The molecule has 166 valence electrons. The van der Waals surface area contributed by atoms with Crippen molar-refractivity contribution < 1.29 is 19.0 Å². The van der Waals surface area contributed by atoms with Gasteiger partial charge < -0.3 is 25.3 Å². The van der Waals surface area contributed by atoms with Gasteiger partial charge >= 0.3 is 0 Å². The predicted octanol–water partition coefficient (Wildman–Crippen LogP) is 2.93. The number of nitrogen functional groups attached to an aromatic ring is 1. The van der Waals surface area contributed by atoms with Gasteiger partial charge in [0.2, 0.25) is 0 Å². The summed E-state index contributed by atoms with van der Waals surface area (Å²) in [5.41, 5.74) is 7.92. The van der Waals surface area contributed by atoms with Crippen LogP contribution in [0.3, 0.4) is 0 Å². The van der Waals surface area contributed by atoms with Crippen LogP contribution in [0.5, 0.6) is 11.5 Å². The van der Waals surface area contributed by atoms with Crippen LogP contribution in [-0.2, 0) is 4.74 Å². The third-order valence-electron chi connectivity index (χ3n) is 4.94. The second-order valence-electron chi connectivity index (χ2n) is 6.58. The Hall–Kier alpha value is -2.19. The highest BCUT2D eigenvalue weighted by molar-refractivity contribution is 5.99. The zero-order chi connectivity index (χ0) is 19.9. The number of para-hydroxylation sites is 1. The van der Waals surface area contributed by atoms with Crippen molar-refractivity contribution in [3.63, 3.8) is 0 Å². The summed E-state index contributed by atoms with van der Waals surface area (Å²) in [4.78, 5) is 14.9. The predicted molar refractivity (Wildman–Crippen MR) is 122 cm³/mol.